The molecule has 0 saturated carbocycles. The minimum atomic E-state index is -0.472. The Morgan fingerprint density at radius 3 is 2.32 bits per heavy atom. The Kier molecular flexibility index (Phi) is 4.91. The zero-order chi connectivity index (χ0) is 16.1. The van der Waals surface area contributed by atoms with Crippen molar-refractivity contribution in [2.24, 2.45) is 5.73 Å². The fraction of sp³-hybridized carbons (Fsp3) is 0.176. The van der Waals surface area contributed by atoms with E-state index in [0.29, 0.717) is 11.1 Å². The maximum absolute atomic E-state index is 12.0. The van der Waals surface area contributed by atoms with Gasteiger partial charge < -0.3 is 16.2 Å². The van der Waals surface area contributed by atoms with Crippen LogP contribution in [0.25, 0.3) is 11.1 Å². The number of aryl methyl sites for hydroxylation is 1. The van der Waals surface area contributed by atoms with Crippen molar-refractivity contribution in [3.63, 3.8) is 0 Å². The van der Waals surface area contributed by atoms with E-state index in [9.17, 15) is 9.59 Å². The van der Waals surface area contributed by atoms with Crippen molar-refractivity contribution in [1.82, 2.24) is 5.32 Å². The summed E-state index contributed by atoms with van der Waals surface area (Å²) in [6.45, 7) is 2.07. The van der Waals surface area contributed by atoms with Crippen LogP contribution in [0.15, 0.2) is 42.5 Å². The monoisotopic (exact) mass is 298 g/mol. The van der Waals surface area contributed by atoms with Crippen LogP contribution in [-0.2, 0) is 0 Å². The summed E-state index contributed by atoms with van der Waals surface area (Å²) >= 11 is 0. The molecule has 0 unspecified atom stereocenters. The van der Waals surface area contributed by atoms with Crippen molar-refractivity contribution in [2.45, 2.75) is 6.92 Å². The molecule has 5 nitrogen and oxygen atoms in total. The van der Waals surface area contributed by atoms with Gasteiger partial charge in [0.15, 0.2) is 0 Å². The number of carbonyl (C=O) groups is 2. The second kappa shape index (κ2) is 6.87. The van der Waals surface area contributed by atoms with Crippen LogP contribution in [0.5, 0.6) is 0 Å². The minimum absolute atomic E-state index is 0.0982. The van der Waals surface area contributed by atoms with Gasteiger partial charge in [-0.25, -0.2) is 0 Å². The second-order valence-electron chi connectivity index (χ2n) is 4.95. The average Bonchev–Trinajstić information content (AvgIpc) is 2.53. The van der Waals surface area contributed by atoms with Crippen LogP contribution in [0.1, 0.15) is 26.3 Å². The Labute approximate surface area is 128 Å². The van der Waals surface area contributed by atoms with Crippen LogP contribution in [-0.4, -0.2) is 30.1 Å². The number of aliphatic hydroxyl groups is 1. The van der Waals surface area contributed by atoms with Crippen LogP contribution in [0.2, 0.25) is 0 Å². The number of hydrogen-bond donors (Lipinski definition) is 3. The maximum Gasteiger partial charge on any atom is 0.251 e. The Morgan fingerprint density at radius 2 is 1.73 bits per heavy atom. The van der Waals surface area contributed by atoms with E-state index in [1.807, 2.05) is 13.0 Å². The number of nitrogens with two attached hydrogens (primary N) is 1. The first-order valence-corrected chi connectivity index (χ1v) is 6.93. The van der Waals surface area contributed by atoms with E-state index < -0.39 is 5.91 Å². The molecule has 0 spiro atoms. The average molecular weight is 298 g/mol. The molecule has 0 radical (unpaired) electrons. The van der Waals surface area contributed by atoms with Gasteiger partial charge in [0.1, 0.15) is 0 Å². The molecule has 0 aliphatic heterocycles. The first kappa shape index (κ1) is 15.7. The molecule has 114 valence electrons. The molecule has 0 heterocycles. The Balaban J connectivity index is 2.33. The molecule has 0 fully saturated rings. The van der Waals surface area contributed by atoms with E-state index in [-0.39, 0.29) is 19.1 Å². The number of aliphatic hydroxyl groups excluding tert-OH is 1. The molecule has 4 N–H and O–H groups in total. The third kappa shape index (κ3) is 3.51. The first-order chi connectivity index (χ1) is 10.5. The molecule has 0 bridgehead atoms. The molecular weight excluding hydrogens is 280 g/mol. The Hall–Kier alpha value is -2.66. The molecule has 2 amide bonds. The first-order valence-electron chi connectivity index (χ1n) is 6.93. The largest absolute Gasteiger partial charge is 0.395 e. The molecule has 0 aromatic heterocycles. The highest BCUT2D eigenvalue weighted by Gasteiger charge is 2.09. The predicted molar refractivity (Wildman–Crippen MR) is 84.6 cm³/mol. The van der Waals surface area contributed by atoms with Crippen molar-refractivity contribution in [3.05, 3.63) is 59.2 Å². The van der Waals surface area contributed by atoms with Crippen LogP contribution < -0.4 is 11.1 Å². The summed E-state index contributed by atoms with van der Waals surface area (Å²) in [4.78, 5) is 23.1. The van der Waals surface area contributed by atoms with Crippen LogP contribution in [0.4, 0.5) is 0 Å². The van der Waals surface area contributed by atoms with Gasteiger partial charge in [-0.05, 0) is 47.9 Å². The molecule has 0 atom stereocenters. The standard InChI is InChI=1S/C17H18N2O3/c1-11-2-3-14(17(22)19-8-9-20)10-15(11)12-4-6-13(7-5-12)16(18)21/h2-7,10,20H,8-9H2,1H3,(H2,18,21)(H,19,22). The van der Waals surface area contributed by atoms with Crippen LogP contribution in [0.3, 0.4) is 0 Å². The van der Waals surface area contributed by atoms with Gasteiger partial charge in [0.05, 0.1) is 6.61 Å². The minimum Gasteiger partial charge on any atom is -0.395 e. The lowest BCUT2D eigenvalue weighted by atomic mass is 9.97. The van der Waals surface area contributed by atoms with Gasteiger partial charge in [0.2, 0.25) is 5.91 Å². The summed E-state index contributed by atoms with van der Waals surface area (Å²) in [5.41, 5.74) is 9.03. The Morgan fingerprint density at radius 1 is 1.09 bits per heavy atom. The zero-order valence-corrected chi connectivity index (χ0v) is 12.3. The molecule has 0 aliphatic rings. The third-order valence-electron chi connectivity index (χ3n) is 3.38. The van der Waals surface area contributed by atoms with Crippen molar-refractivity contribution < 1.29 is 14.7 Å². The van der Waals surface area contributed by atoms with E-state index in [4.69, 9.17) is 10.8 Å². The third-order valence-corrected chi connectivity index (χ3v) is 3.38. The highest BCUT2D eigenvalue weighted by Crippen LogP contribution is 2.25. The summed E-state index contributed by atoms with van der Waals surface area (Å²) in [6, 6.07) is 12.3. The van der Waals surface area contributed by atoms with E-state index in [1.54, 1.807) is 36.4 Å². The van der Waals surface area contributed by atoms with E-state index in [1.165, 1.54) is 0 Å². The highest BCUT2D eigenvalue weighted by molar-refractivity contribution is 5.96. The maximum atomic E-state index is 12.0. The predicted octanol–water partition coefficient (Wildman–Crippen LogP) is 1.48. The van der Waals surface area contributed by atoms with Crippen LogP contribution in [0, 0.1) is 6.92 Å². The summed E-state index contributed by atoms with van der Waals surface area (Å²) in [5, 5.41) is 11.4. The number of rotatable bonds is 5. The number of benzene rings is 2. The van der Waals surface area contributed by atoms with Gasteiger partial charge in [0, 0.05) is 17.7 Å². The van der Waals surface area contributed by atoms with Crippen LogP contribution >= 0.6 is 0 Å². The second-order valence-corrected chi connectivity index (χ2v) is 4.95. The van der Waals surface area contributed by atoms with Crippen molar-refractivity contribution in [1.29, 1.82) is 0 Å². The number of nitrogens with one attached hydrogen (secondary N) is 1. The zero-order valence-electron chi connectivity index (χ0n) is 12.3. The van der Waals surface area contributed by atoms with Crippen molar-refractivity contribution in [3.8, 4) is 11.1 Å². The van der Waals surface area contributed by atoms with E-state index >= 15 is 0 Å². The lowest BCUT2D eigenvalue weighted by Crippen LogP contribution is -2.26. The summed E-state index contributed by atoms with van der Waals surface area (Å²) in [7, 11) is 0. The van der Waals surface area contributed by atoms with Gasteiger partial charge in [-0.2, -0.15) is 0 Å². The smallest absolute Gasteiger partial charge is 0.251 e. The molecule has 5 heteroatoms. The fourth-order valence-corrected chi connectivity index (χ4v) is 2.16. The molecular formula is C17H18N2O3. The van der Waals surface area contributed by atoms with Gasteiger partial charge in [0.25, 0.3) is 5.91 Å². The highest BCUT2D eigenvalue weighted by atomic mass is 16.3. The van der Waals surface area contributed by atoms with Gasteiger partial charge in [-0.3, -0.25) is 9.59 Å². The Bertz CT molecular complexity index is 694. The van der Waals surface area contributed by atoms with Crippen molar-refractivity contribution in [2.75, 3.05) is 13.2 Å². The lowest BCUT2D eigenvalue weighted by molar-refractivity contribution is 0.0943. The van der Waals surface area contributed by atoms with Gasteiger partial charge in [-0.1, -0.05) is 18.2 Å². The molecule has 2 aromatic carbocycles. The van der Waals surface area contributed by atoms with Crippen molar-refractivity contribution >= 4 is 11.8 Å². The van der Waals surface area contributed by atoms with Gasteiger partial charge in [-0.15, -0.1) is 0 Å². The number of primary amides is 1. The lowest BCUT2D eigenvalue weighted by Gasteiger charge is -2.10. The molecule has 2 rings (SSSR count). The topological polar surface area (TPSA) is 92.4 Å². The van der Waals surface area contributed by atoms with Gasteiger partial charge >= 0.3 is 0 Å². The quantitative estimate of drug-likeness (QED) is 0.780. The summed E-state index contributed by atoms with van der Waals surface area (Å²) < 4.78 is 0. The molecule has 0 saturated heterocycles. The molecule has 0 aliphatic carbocycles. The fourth-order valence-electron chi connectivity index (χ4n) is 2.16. The number of amides is 2. The summed E-state index contributed by atoms with van der Waals surface area (Å²) in [5.74, 6) is -0.704. The SMILES string of the molecule is Cc1ccc(C(=O)NCCO)cc1-c1ccc(C(N)=O)cc1. The van der Waals surface area contributed by atoms with E-state index in [0.717, 1.165) is 16.7 Å². The molecule has 22 heavy (non-hydrogen) atoms. The molecule has 2 aromatic rings. The van der Waals surface area contributed by atoms with E-state index in [2.05, 4.69) is 5.32 Å². The number of hydrogen-bond acceptors (Lipinski definition) is 3. The summed E-state index contributed by atoms with van der Waals surface area (Å²) in [6.07, 6.45) is 0. The number of carbonyl (C=O) groups excluding carboxylic acids is 2. The normalized spacial score (nSPS) is 10.3.